The van der Waals surface area contributed by atoms with E-state index in [4.69, 9.17) is 37.4 Å². The second-order valence-corrected chi connectivity index (χ2v) is 12.1. The molecule has 0 aliphatic carbocycles. The van der Waals surface area contributed by atoms with Crippen molar-refractivity contribution in [2.45, 2.75) is 31.3 Å². The molecule has 0 spiro atoms. The average Bonchev–Trinajstić information content (AvgIpc) is 3.81. The number of anilines is 1. The number of amides is 2. The number of urea groups is 1. The molecule has 0 saturated carbocycles. The third kappa shape index (κ3) is 7.38. The highest BCUT2D eigenvalue weighted by Crippen LogP contribution is 2.40. The molecule has 0 bridgehead atoms. The Bertz CT molecular complexity index is 1350. The zero-order valence-electron chi connectivity index (χ0n) is 24.2. The van der Waals surface area contributed by atoms with Crippen LogP contribution in [0.25, 0.3) is 0 Å². The Morgan fingerprint density at radius 3 is 2.56 bits per heavy atom. The van der Waals surface area contributed by atoms with E-state index in [0.717, 1.165) is 64.4 Å². The van der Waals surface area contributed by atoms with Crippen LogP contribution in [0.1, 0.15) is 18.4 Å². The number of imidazole rings is 1. The van der Waals surface area contributed by atoms with Crippen molar-refractivity contribution >= 4 is 34.9 Å². The Morgan fingerprint density at radius 2 is 1.84 bits per heavy atom. The maximum absolute atomic E-state index is 12.2. The SMILES string of the molecule is O=C(NCCN1CCN(c2ccc(OCC3COC(Cn4ccnc4)(c4ccc(Cl)cc4Cl)O3)cc2)CC1)N1CCCC1. The summed E-state index contributed by atoms with van der Waals surface area (Å²) < 4.78 is 20.8. The van der Waals surface area contributed by atoms with Gasteiger partial charge in [-0.1, -0.05) is 29.3 Å². The first kappa shape index (κ1) is 30.0. The van der Waals surface area contributed by atoms with E-state index < -0.39 is 5.79 Å². The fraction of sp³-hybridized carbons (Fsp3) is 0.484. The predicted molar refractivity (Wildman–Crippen MR) is 166 cm³/mol. The Balaban J connectivity index is 0.973. The number of piperazine rings is 1. The number of likely N-dealkylation sites (tertiary alicyclic amines) is 1. The van der Waals surface area contributed by atoms with Gasteiger partial charge in [-0.2, -0.15) is 0 Å². The number of hydrogen-bond donors (Lipinski definition) is 1. The Hall–Kier alpha value is -3.02. The lowest BCUT2D eigenvalue weighted by Gasteiger charge is -2.36. The van der Waals surface area contributed by atoms with Crippen molar-refractivity contribution < 1.29 is 19.0 Å². The van der Waals surface area contributed by atoms with Gasteiger partial charge in [0.1, 0.15) is 18.5 Å². The Morgan fingerprint density at radius 1 is 1.05 bits per heavy atom. The van der Waals surface area contributed by atoms with Gasteiger partial charge in [-0.25, -0.2) is 9.78 Å². The molecule has 4 heterocycles. The van der Waals surface area contributed by atoms with Crippen molar-refractivity contribution in [3.8, 4) is 5.75 Å². The molecule has 1 aromatic heterocycles. The first-order valence-corrected chi connectivity index (χ1v) is 15.7. The van der Waals surface area contributed by atoms with Gasteiger partial charge >= 0.3 is 6.03 Å². The average molecular weight is 630 g/mol. The molecule has 3 fully saturated rings. The number of carbonyl (C=O) groups excluding carboxylic acids is 1. The number of benzene rings is 2. The topological polar surface area (TPSA) is 84.3 Å². The van der Waals surface area contributed by atoms with Crippen LogP contribution < -0.4 is 15.0 Å². The van der Waals surface area contributed by atoms with Gasteiger partial charge in [-0.15, -0.1) is 0 Å². The highest BCUT2D eigenvalue weighted by atomic mass is 35.5. The largest absolute Gasteiger partial charge is 0.491 e. The van der Waals surface area contributed by atoms with Crippen LogP contribution in [0, 0.1) is 0 Å². The number of carbonyl (C=O) groups is 1. The van der Waals surface area contributed by atoms with E-state index in [-0.39, 0.29) is 12.1 Å². The first-order valence-electron chi connectivity index (χ1n) is 14.9. The summed E-state index contributed by atoms with van der Waals surface area (Å²) in [4.78, 5) is 23.0. The molecule has 230 valence electrons. The van der Waals surface area contributed by atoms with Crippen LogP contribution in [0.3, 0.4) is 0 Å². The zero-order chi connectivity index (χ0) is 29.6. The number of nitrogens with zero attached hydrogens (tertiary/aromatic N) is 5. The number of nitrogens with one attached hydrogen (secondary N) is 1. The molecule has 2 unspecified atom stereocenters. The lowest BCUT2D eigenvalue weighted by molar-refractivity contribution is -0.189. The van der Waals surface area contributed by atoms with Gasteiger partial charge in [0.05, 0.1) is 24.5 Å². The lowest BCUT2D eigenvalue weighted by atomic mass is 10.1. The van der Waals surface area contributed by atoms with E-state index in [2.05, 4.69) is 32.2 Å². The molecule has 1 N–H and O–H groups in total. The van der Waals surface area contributed by atoms with Crippen molar-refractivity contribution in [3.63, 3.8) is 0 Å². The van der Waals surface area contributed by atoms with Crippen molar-refractivity contribution in [3.05, 3.63) is 76.8 Å². The van der Waals surface area contributed by atoms with Crippen molar-refractivity contribution in [1.82, 2.24) is 24.7 Å². The molecule has 12 heteroatoms. The van der Waals surface area contributed by atoms with Gasteiger partial charge in [0.15, 0.2) is 0 Å². The first-order chi connectivity index (χ1) is 21.0. The van der Waals surface area contributed by atoms with Crippen LogP contribution >= 0.6 is 23.2 Å². The fourth-order valence-corrected chi connectivity index (χ4v) is 6.45. The lowest BCUT2D eigenvalue weighted by Crippen LogP contribution is -2.49. The summed E-state index contributed by atoms with van der Waals surface area (Å²) >= 11 is 12.7. The maximum atomic E-state index is 12.2. The summed E-state index contributed by atoms with van der Waals surface area (Å²) in [6.07, 6.45) is 7.23. The van der Waals surface area contributed by atoms with Crippen LogP contribution in [-0.4, -0.2) is 97.1 Å². The van der Waals surface area contributed by atoms with E-state index in [9.17, 15) is 4.79 Å². The van der Waals surface area contributed by atoms with Crippen molar-refractivity contribution in [2.75, 3.05) is 70.5 Å². The van der Waals surface area contributed by atoms with Gasteiger partial charge in [0.2, 0.25) is 5.79 Å². The molecule has 10 nitrogen and oxygen atoms in total. The molecule has 43 heavy (non-hydrogen) atoms. The summed E-state index contributed by atoms with van der Waals surface area (Å²) in [6, 6.07) is 13.6. The van der Waals surface area contributed by atoms with E-state index >= 15 is 0 Å². The summed E-state index contributed by atoms with van der Waals surface area (Å²) in [5.41, 5.74) is 1.89. The van der Waals surface area contributed by atoms with Crippen LogP contribution in [0.2, 0.25) is 10.0 Å². The van der Waals surface area contributed by atoms with Gasteiger partial charge in [-0.3, -0.25) is 4.90 Å². The maximum Gasteiger partial charge on any atom is 0.317 e. The van der Waals surface area contributed by atoms with E-state index in [1.807, 2.05) is 33.9 Å². The molecular weight excluding hydrogens is 591 g/mol. The monoisotopic (exact) mass is 628 g/mol. The van der Waals surface area contributed by atoms with Crippen LogP contribution in [0.4, 0.5) is 10.5 Å². The quantitative estimate of drug-likeness (QED) is 0.355. The second-order valence-electron chi connectivity index (χ2n) is 11.2. The highest BCUT2D eigenvalue weighted by molar-refractivity contribution is 6.35. The van der Waals surface area contributed by atoms with Gasteiger partial charge < -0.3 is 33.9 Å². The van der Waals surface area contributed by atoms with Gasteiger partial charge in [-0.05, 0) is 49.2 Å². The van der Waals surface area contributed by atoms with Crippen molar-refractivity contribution in [1.29, 1.82) is 0 Å². The van der Waals surface area contributed by atoms with E-state index in [0.29, 0.717) is 41.9 Å². The summed E-state index contributed by atoms with van der Waals surface area (Å²) in [7, 11) is 0. The van der Waals surface area contributed by atoms with E-state index in [1.165, 1.54) is 5.69 Å². The molecule has 0 radical (unpaired) electrons. The molecular formula is C31H38Cl2N6O4. The van der Waals surface area contributed by atoms with Crippen LogP contribution in [0.5, 0.6) is 5.75 Å². The number of aromatic nitrogens is 2. The highest BCUT2D eigenvalue weighted by Gasteiger charge is 2.45. The minimum absolute atomic E-state index is 0.0743. The van der Waals surface area contributed by atoms with Gasteiger partial charge in [0.25, 0.3) is 0 Å². The molecule has 3 aliphatic rings. The normalized spacial score (nSPS) is 22.7. The smallest absolute Gasteiger partial charge is 0.317 e. The summed E-state index contributed by atoms with van der Waals surface area (Å²) in [6.45, 7) is 8.23. The zero-order valence-corrected chi connectivity index (χ0v) is 25.7. The minimum Gasteiger partial charge on any atom is -0.491 e. The standard InChI is InChI=1S/C31H38Cl2N6O4/c32-24-3-8-28(29(33)19-24)31(22-37-13-9-34-23-37)42-21-27(43-31)20-41-26-6-4-25(5-7-26)38-17-15-36(16-18-38)14-10-35-30(40)39-11-1-2-12-39/h3-9,13,19,23,27H,1-2,10-12,14-18,20-22H2,(H,35,40). The third-order valence-corrected chi connectivity index (χ3v) is 8.81. The predicted octanol–water partition coefficient (Wildman–Crippen LogP) is 4.46. The number of halogens is 2. The minimum atomic E-state index is -1.08. The molecule has 3 saturated heterocycles. The summed E-state index contributed by atoms with van der Waals surface area (Å²) in [5, 5.41) is 4.10. The van der Waals surface area contributed by atoms with E-state index in [1.54, 1.807) is 24.7 Å². The summed E-state index contributed by atoms with van der Waals surface area (Å²) in [5.74, 6) is -0.307. The Labute approximate surface area is 262 Å². The second kappa shape index (κ2) is 13.7. The van der Waals surface area contributed by atoms with Gasteiger partial charge in [0, 0.05) is 81.0 Å². The molecule has 3 aromatic rings. The fourth-order valence-electron chi connectivity index (χ4n) is 5.90. The molecule has 2 atom stereocenters. The molecule has 2 amide bonds. The number of rotatable bonds is 10. The molecule has 3 aliphatic heterocycles. The number of hydrogen-bond acceptors (Lipinski definition) is 7. The molecule has 2 aromatic carbocycles. The third-order valence-electron chi connectivity index (χ3n) is 8.26. The van der Waals surface area contributed by atoms with Crippen LogP contribution in [0.15, 0.2) is 61.2 Å². The number of ether oxygens (including phenoxy) is 3. The van der Waals surface area contributed by atoms with Crippen molar-refractivity contribution in [2.24, 2.45) is 0 Å². The molecule has 6 rings (SSSR count). The van der Waals surface area contributed by atoms with Crippen LogP contribution in [-0.2, 0) is 21.8 Å². The Kier molecular flexibility index (Phi) is 9.59.